The van der Waals surface area contributed by atoms with Gasteiger partial charge in [-0.3, -0.25) is 4.79 Å². The minimum absolute atomic E-state index is 0.0604. The molecule has 5 nitrogen and oxygen atoms in total. The van der Waals surface area contributed by atoms with Crippen molar-refractivity contribution in [1.82, 2.24) is 4.98 Å². The largest absolute Gasteiger partial charge is 0.484 e. The predicted octanol–water partition coefficient (Wildman–Crippen LogP) is 5.44. The highest BCUT2D eigenvalue weighted by Gasteiger charge is 2.11. The molecule has 0 unspecified atom stereocenters. The van der Waals surface area contributed by atoms with Gasteiger partial charge in [-0.05, 0) is 79.9 Å². The van der Waals surface area contributed by atoms with Gasteiger partial charge in [-0.15, -0.1) is 0 Å². The van der Waals surface area contributed by atoms with E-state index in [1.807, 2.05) is 74.5 Å². The summed E-state index contributed by atoms with van der Waals surface area (Å²) < 4.78 is 11.5. The van der Waals surface area contributed by atoms with E-state index in [4.69, 9.17) is 9.15 Å². The average molecular weight is 386 g/mol. The second-order valence-corrected chi connectivity index (χ2v) is 7.16. The van der Waals surface area contributed by atoms with Crippen LogP contribution in [0.2, 0.25) is 0 Å². The molecule has 1 N–H and O–H groups in total. The molecule has 0 fully saturated rings. The third-order valence-corrected chi connectivity index (χ3v) is 4.76. The molecule has 0 aliphatic heterocycles. The number of amides is 1. The van der Waals surface area contributed by atoms with Crippen molar-refractivity contribution in [2.24, 2.45) is 0 Å². The van der Waals surface area contributed by atoms with Gasteiger partial charge < -0.3 is 14.5 Å². The van der Waals surface area contributed by atoms with Crippen molar-refractivity contribution in [2.75, 3.05) is 11.9 Å². The van der Waals surface area contributed by atoms with Gasteiger partial charge in [0.05, 0.1) is 0 Å². The molecule has 1 amide bonds. The van der Waals surface area contributed by atoms with Crippen LogP contribution in [0, 0.1) is 20.8 Å². The number of oxazole rings is 1. The molecule has 0 saturated heterocycles. The smallest absolute Gasteiger partial charge is 0.262 e. The molecule has 0 aliphatic rings. The molecular weight excluding hydrogens is 364 g/mol. The Morgan fingerprint density at radius 2 is 1.79 bits per heavy atom. The quantitative estimate of drug-likeness (QED) is 0.496. The fraction of sp³-hybridized carbons (Fsp3) is 0.167. The van der Waals surface area contributed by atoms with Crippen molar-refractivity contribution in [3.05, 3.63) is 77.4 Å². The van der Waals surface area contributed by atoms with Crippen LogP contribution in [0.25, 0.3) is 22.6 Å². The summed E-state index contributed by atoms with van der Waals surface area (Å²) in [6, 6.07) is 19.0. The summed E-state index contributed by atoms with van der Waals surface area (Å²) in [6.45, 7) is 6.02. The van der Waals surface area contributed by atoms with Crippen LogP contribution >= 0.6 is 0 Å². The van der Waals surface area contributed by atoms with Gasteiger partial charge in [0.15, 0.2) is 12.2 Å². The highest BCUT2D eigenvalue weighted by Crippen LogP contribution is 2.27. The number of aromatic nitrogens is 1. The van der Waals surface area contributed by atoms with Gasteiger partial charge in [0.25, 0.3) is 5.91 Å². The fourth-order valence-corrected chi connectivity index (χ4v) is 3.08. The number of fused-ring (bicyclic) bond motifs is 1. The van der Waals surface area contributed by atoms with Crippen molar-refractivity contribution < 1.29 is 13.9 Å². The van der Waals surface area contributed by atoms with Crippen LogP contribution in [0.1, 0.15) is 16.7 Å². The Balaban J connectivity index is 1.48. The van der Waals surface area contributed by atoms with Gasteiger partial charge >= 0.3 is 0 Å². The Morgan fingerprint density at radius 1 is 1.00 bits per heavy atom. The van der Waals surface area contributed by atoms with E-state index in [2.05, 4.69) is 17.2 Å². The predicted molar refractivity (Wildman–Crippen MR) is 114 cm³/mol. The molecule has 0 aliphatic carbocycles. The molecule has 0 saturated carbocycles. The van der Waals surface area contributed by atoms with Gasteiger partial charge in [-0.1, -0.05) is 18.2 Å². The van der Waals surface area contributed by atoms with Crippen LogP contribution in [-0.4, -0.2) is 17.5 Å². The van der Waals surface area contributed by atoms with E-state index in [-0.39, 0.29) is 12.5 Å². The van der Waals surface area contributed by atoms with Gasteiger partial charge in [-0.25, -0.2) is 4.98 Å². The maximum atomic E-state index is 12.3. The second-order valence-electron chi connectivity index (χ2n) is 7.16. The summed E-state index contributed by atoms with van der Waals surface area (Å²) in [4.78, 5) is 16.8. The summed E-state index contributed by atoms with van der Waals surface area (Å²) in [5.74, 6) is 0.968. The topological polar surface area (TPSA) is 64.4 Å². The average Bonchev–Trinajstić information content (AvgIpc) is 3.10. The van der Waals surface area contributed by atoms with E-state index in [0.29, 0.717) is 17.3 Å². The Hall–Kier alpha value is -3.60. The number of nitrogens with zero attached hydrogens (tertiary/aromatic N) is 1. The molecule has 0 atom stereocenters. The number of benzene rings is 3. The first-order valence-electron chi connectivity index (χ1n) is 9.45. The number of aryl methyl sites for hydroxylation is 3. The van der Waals surface area contributed by atoms with E-state index >= 15 is 0 Å². The van der Waals surface area contributed by atoms with Crippen molar-refractivity contribution in [1.29, 1.82) is 0 Å². The first-order valence-corrected chi connectivity index (χ1v) is 9.45. The van der Waals surface area contributed by atoms with Crippen LogP contribution in [0.4, 0.5) is 5.69 Å². The zero-order valence-electron chi connectivity index (χ0n) is 16.7. The van der Waals surface area contributed by atoms with E-state index in [9.17, 15) is 4.79 Å². The van der Waals surface area contributed by atoms with Crippen LogP contribution in [0.5, 0.6) is 5.75 Å². The van der Waals surface area contributed by atoms with E-state index < -0.39 is 0 Å². The Labute approximate surface area is 169 Å². The van der Waals surface area contributed by atoms with E-state index in [1.165, 1.54) is 5.56 Å². The summed E-state index contributed by atoms with van der Waals surface area (Å²) in [5, 5.41) is 2.86. The minimum atomic E-state index is -0.229. The molecule has 1 aromatic heterocycles. The number of nitrogens with one attached hydrogen (secondary N) is 1. The molecule has 5 heteroatoms. The summed E-state index contributed by atoms with van der Waals surface area (Å²) >= 11 is 0. The number of hydrogen-bond acceptors (Lipinski definition) is 4. The molecule has 4 aromatic rings. The maximum Gasteiger partial charge on any atom is 0.262 e. The van der Waals surface area contributed by atoms with Crippen LogP contribution < -0.4 is 10.1 Å². The highest BCUT2D eigenvalue weighted by atomic mass is 16.5. The van der Waals surface area contributed by atoms with Crippen LogP contribution in [0.15, 0.2) is 65.1 Å². The molecule has 29 heavy (non-hydrogen) atoms. The number of carbonyl (C=O) groups excluding carboxylic acids is 1. The maximum absolute atomic E-state index is 12.3. The Morgan fingerprint density at radius 3 is 2.62 bits per heavy atom. The number of rotatable bonds is 5. The molecule has 1 heterocycles. The lowest BCUT2D eigenvalue weighted by molar-refractivity contribution is -0.118. The molecule has 146 valence electrons. The van der Waals surface area contributed by atoms with Gasteiger partial charge in [0.2, 0.25) is 5.89 Å². The molecule has 3 aromatic carbocycles. The molecule has 4 rings (SSSR count). The number of ether oxygens (including phenoxy) is 1. The number of hydrogen-bond donors (Lipinski definition) is 1. The van der Waals surface area contributed by atoms with Crippen LogP contribution in [-0.2, 0) is 4.79 Å². The lowest BCUT2D eigenvalue weighted by Crippen LogP contribution is -2.20. The summed E-state index contributed by atoms with van der Waals surface area (Å²) in [5.41, 5.74) is 6.46. The normalized spacial score (nSPS) is 10.9. The van der Waals surface area contributed by atoms with Crippen molar-refractivity contribution >= 4 is 22.7 Å². The monoisotopic (exact) mass is 386 g/mol. The molecule has 0 spiro atoms. The molecule has 0 bridgehead atoms. The molecule has 0 radical (unpaired) electrons. The van der Waals surface area contributed by atoms with E-state index in [1.54, 1.807) is 0 Å². The van der Waals surface area contributed by atoms with Crippen molar-refractivity contribution in [3.63, 3.8) is 0 Å². The van der Waals surface area contributed by atoms with Crippen LogP contribution in [0.3, 0.4) is 0 Å². The second kappa shape index (κ2) is 7.80. The summed E-state index contributed by atoms with van der Waals surface area (Å²) in [6.07, 6.45) is 0. The third-order valence-electron chi connectivity index (χ3n) is 4.76. The SMILES string of the molecule is Cc1cccc(OCC(=O)Nc2cccc(-c3nc4cc(C)c(C)cc4o3)c2)c1. The third kappa shape index (κ3) is 4.29. The Kier molecular flexibility index (Phi) is 5.04. The summed E-state index contributed by atoms with van der Waals surface area (Å²) in [7, 11) is 0. The first kappa shape index (κ1) is 18.7. The van der Waals surface area contributed by atoms with Gasteiger partial charge in [0, 0.05) is 11.3 Å². The van der Waals surface area contributed by atoms with Gasteiger partial charge in [0.1, 0.15) is 11.3 Å². The minimum Gasteiger partial charge on any atom is -0.484 e. The lowest BCUT2D eigenvalue weighted by Gasteiger charge is -2.08. The van der Waals surface area contributed by atoms with Crippen molar-refractivity contribution in [2.45, 2.75) is 20.8 Å². The van der Waals surface area contributed by atoms with Crippen molar-refractivity contribution in [3.8, 4) is 17.2 Å². The first-order chi connectivity index (χ1) is 14.0. The number of carbonyl (C=O) groups is 1. The number of anilines is 1. The zero-order chi connectivity index (χ0) is 20.4. The van der Waals surface area contributed by atoms with Gasteiger partial charge in [-0.2, -0.15) is 0 Å². The Bertz CT molecular complexity index is 1150. The fourth-order valence-electron chi connectivity index (χ4n) is 3.08. The standard InChI is InChI=1S/C24H22N2O3/c1-15-6-4-9-20(10-15)28-14-23(27)25-19-8-5-7-18(13-19)24-26-21-11-16(2)17(3)12-22(21)29-24/h4-13H,14H2,1-3H3,(H,25,27). The zero-order valence-corrected chi connectivity index (χ0v) is 16.7. The lowest BCUT2D eigenvalue weighted by atomic mass is 10.1. The molecular formula is C24H22N2O3. The highest BCUT2D eigenvalue weighted by molar-refractivity contribution is 5.92. The van der Waals surface area contributed by atoms with E-state index in [0.717, 1.165) is 27.8 Å².